The van der Waals surface area contributed by atoms with Crippen LogP contribution in [0.4, 0.5) is 0 Å². The van der Waals surface area contributed by atoms with Crippen molar-refractivity contribution in [2.75, 3.05) is 13.7 Å². The highest BCUT2D eigenvalue weighted by Crippen LogP contribution is 2.13. The summed E-state index contributed by atoms with van der Waals surface area (Å²) in [4.78, 5) is 31.3. The van der Waals surface area contributed by atoms with Gasteiger partial charge in [-0.1, -0.05) is 6.07 Å². The molecule has 0 saturated carbocycles. The number of aliphatic hydroxyl groups excluding tert-OH is 1. The van der Waals surface area contributed by atoms with E-state index < -0.39 is 18.0 Å². The summed E-state index contributed by atoms with van der Waals surface area (Å²) < 4.78 is 4.36. The average Bonchev–Trinajstić information content (AvgIpc) is 2.50. The number of aliphatic hydroxyl groups is 1. The minimum absolute atomic E-state index is 0.234. The van der Waals surface area contributed by atoms with Crippen LogP contribution in [0.2, 0.25) is 0 Å². The molecule has 0 spiro atoms. The van der Waals surface area contributed by atoms with Crippen LogP contribution in [0, 0.1) is 0 Å². The number of ether oxygens (including phenoxy) is 1. The molecule has 1 atom stereocenters. The van der Waals surface area contributed by atoms with Crippen molar-refractivity contribution in [3.63, 3.8) is 0 Å². The van der Waals surface area contributed by atoms with Crippen LogP contribution >= 0.6 is 0 Å². The summed E-state index contributed by atoms with van der Waals surface area (Å²) in [7, 11) is 1.16. The molecule has 2 rings (SSSR count). The van der Waals surface area contributed by atoms with E-state index in [1.807, 2.05) is 0 Å². The van der Waals surface area contributed by atoms with E-state index in [9.17, 15) is 14.7 Å². The molecule has 7 nitrogen and oxygen atoms in total. The molecule has 0 aliphatic carbocycles. The highest BCUT2D eigenvalue weighted by Gasteiger charge is 2.18. The zero-order chi connectivity index (χ0) is 14.5. The van der Waals surface area contributed by atoms with Gasteiger partial charge in [0, 0.05) is 12.4 Å². The molecule has 20 heavy (non-hydrogen) atoms. The highest BCUT2D eigenvalue weighted by atomic mass is 16.5. The average molecular weight is 275 g/mol. The number of carbonyl (C=O) groups is 2. The lowest BCUT2D eigenvalue weighted by atomic mass is 10.1. The van der Waals surface area contributed by atoms with Crippen LogP contribution in [-0.4, -0.2) is 46.7 Å². The Labute approximate surface area is 114 Å². The monoisotopic (exact) mass is 275 g/mol. The molecular formula is C13H13N3O4. The van der Waals surface area contributed by atoms with Crippen LogP contribution < -0.4 is 5.32 Å². The van der Waals surface area contributed by atoms with Crippen LogP contribution in [-0.2, 0) is 9.53 Å². The molecule has 1 unspecified atom stereocenters. The summed E-state index contributed by atoms with van der Waals surface area (Å²) in [6.07, 6.45) is 1.62. The molecule has 0 saturated heterocycles. The molecule has 2 aromatic rings. The topological polar surface area (TPSA) is 101 Å². The fourth-order valence-corrected chi connectivity index (χ4v) is 1.68. The first-order valence-corrected chi connectivity index (χ1v) is 5.87. The number of esters is 1. The Hall–Kier alpha value is -2.54. The molecule has 0 fully saturated rings. The summed E-state index contributed by atoms with van der Waals surface area (Å²) in [6.45, 7) is -0.234. The van der Waals surface area contributed by atoms with Gasteiger partial charge < -0.3 is 15.2 Å². The fraction of sp³-hybridized carbons (Fsp3) is 0.231. The standard InChI is InChI=1S/C13H13N3O4/c1-20-13(19)10(17)7-16-12(18)8-3-2-4-9-11(8)15-6-5-14-9/h2-6,10,17H,7H2,1H3,(H,16,18). The van der Waals surface area contributed by atoms with Crippen molar-refractivity contribution in [3.05, 3.63) is 36.2 Å². The smallest absolute Gasteiger partial charge is 0.336 e. The van der Waals surface area contributed by atoms with Crippen molar-refractivity contribution >= 4 is 22.9 Å². The van der Waals surface area contributed by atoms with E-state index in [-0.39, 0.29) is 6.54 Å². The first-order chi connectivity index (χ1) is 9.63. The maximum Gasteiger partial charge on any atom is 0.336 e. The third-order valence-electron chi connectivity index (χ3n) is 2.67. The molecule has 1 amide bonds. The second-order valence-electron chi connectivity index (χ2n) is 3.98. The first-order valence-electron chi connectivity index (χ1n) is 5.87. The van der Waals surface area contributed by atoms with E-state index >= 15 is 0 Å². The van der Waals surface area contributed by atoms with Gasteiger partial charge in [0.15, 0.2) is 6.10 Å². The summed E-state index contributed by atoms with van der Waals surface area (Å²) in [5.74, 6) is -1.25. The van der Waals surface area contributed by atoms with Gasteiger partial charge in [-0.3, -0.25) is 14.8 Å². The molecule has 0 aliphatic heterocycles. The normalized spacial score (nSPS) is 11.9. The van der Waals surface area contributed by atoms with E-state index in [2.05, 4.69) is 20.0 Å². The van der Waals surface area contributed by atoms with Crippen molar-refractivity contribution in [1.29, 1.82) is 0 Å². The molecule has 0 bridgehead atoms. The van der Waals surface area contributed by atoms with Crippen LogP contribution in [0.3, 0.4) is 0 Å². The van der Waals surface area contributed by atoms with Crippen LogP contribution in [0.5, 0.6) is 0 Å². The predicted molar refractivity (Wildman–Crippen MR) is 69.9 cm³/mol. The molecule has 104 valence electrons. The molecule has 0 aliphatic rings. The van der Waals surface area contributed by atoms with Crippen LogP contribution in [0.1, 0.15) is 10.4 Å². The lowest BCUT2D eigenvalue weighted by Gasteiger charge is -2.10. The third-order valence-corrected chi connectivity index (χ3v) is 2.67. The van der Waals surface area contributed by atoms with E-state index in [0.717, 1.165) is 7.11 Å². The Bertz CT molecular complexity index is 639. The van der Waals surface area contributed by atoms with Gasteiger partial charge in [0.2, 0.25) is 0 Å². The fourth-order valence-electron chi connectivity index (χ4n) is 1.68. The van der Waals surface area contributed by atoms with Crippen molar-refractivity contribution in [2.24, 2.45) is 0 Å². The summed E-state index contributed by atoms with van der Waals surface area (Å²) in [5.41, 5.74) is 1.38. The molecule has 7 heteroatoms. The minimum Gasteiger partial charge on any atom is -0.467 e. The lowest BCUT2D eigenvalue weighted by molar-refractivity contribution is -0.149. The van der Waals surface area contributed by atoms with Gasteiger partial charge in [0.1, 0.15) is 5.52 Å². The van der Waals surface area contributed by atoms with E-state index in [1.54, 1.807) is 18.2 Å². The number of methoxy groups -OCH3 is 1. The minimum atomic E-state index is -1.40. The lowest BCUT2D eigenvalue weighted by Crippen LogP contribution is -2.37. The Morgan fingerprint density at radius 2 is 2.10 bits per heavy atom. The molecular weight excluding hydrogens is 262 g/mol. The number of hydrogen-bond acceptors (Lipinski definition) is 6. The van der Waals surface area contributed by atoms with Crippen molar-refractivity contribution < 1.29 is 19.4 Å². The number of hydrogen-bond donors (Lipinski definition) is 2. The van der Waals surface area contributed by atoms with Crippen molar-refractivity contribution in [2.45, 2.75) is 6.10 Å². The zero-order valence-corrected chi connectivity index (χ0v) is 10.7. The Morgan fingerprint density at radius 3 is 2.85 bits per heavy atom. The van der Waals surface area contributed by atoms with Gasteiger partial charge in [-0.25, -0.2) is 4.79 Å². The maximum atomic E-state index is 12.0. The predicted octanol–water partition coefficient (Wildman–Crippen LogP) is -0.107. The zero-order valence-electron chi connectivity index (χ0n) is 10.7. The molecule has 1 heterocycles. The number of amides is 1. The van der Waals surface area contributed by atoms with Gasteiger partial charge in [-0.05, 0) is 12.1 Å². The summed E-state index contributed by atoms with van der Waals surface area (Å²) >= 11 is 0. The number of para-hydroxylation sites is 1. The van der Waals surface area contributed by atoms with Gasteiger partial charge in [0.05, 0.1) is 24.7 Å². The second-order valence-corrected chi connectivity index (χ2v) is 3.98. The Balaban J connectivity index is 2.14. The van der Waals surface area contributed by atoms with Crippen LogP contribution in [0.25, 0.3) is 11.0 Å². The number of rotatable bonds is 4. The molecule has 2 N–H and O–H groups in total. The second kappa shape index (κ2) is 6.07. The number of nitrogens with one attached hydrogen (secondary N) is 1. The van der Waals surface area contributed by atoms with Crippen molar-refractivity contribution in [1.82, 2.24) is 15.3 Å². The SMILES string of the molecule is COC(=O)C(O)CNC(=O)c1cccc2nccnc12. The Morgan fingerprint density at radius 1 is 1.35 bits per heavy atom. The molecule has 0 radical (unpaired) electrons. The van der Waals surface area contributed by atoms with Gasteiger partial charge in [0.25, 0.3) is 5.91 Å². The van der Waals surface area contributed by atoms with Gasteiger partial charge in [-0.2, -0.15) is 0 Å². The van der Waals surface area contributed by atoms with E-state index in [1.165, 1.54) is 12.4 Å². The van der Waals surface area contributed by atoms with E-state index in [0.29, 0.717) is 16.6 Å². The van der Waals surface area contributed by atoms with E-state index in [4.69, 9.17) is 0 Å². The Kier molecular flexibility index (Phi) is 4.21. The highest BCUT2D eigenvalue weighted by molar-refractivity contribution is 6.04. The number of nitrogens with zero attached hydrogens (tertiary/aromatic N) is 2. The number of benzene rings is 1. The van der Waals surface area contributed by atoms with Gasteiger partial charge >= 0.3 is 5.97 Å². The third kappa shape index (κ3) is 2.89. The quantitative estimate of drug-likeness (QED) is 0.755. The number of fused-ring (bicyclic) bond motifs is 1. The van der Waals surface area contributed by atoms with Crippen molar-refractivity contribution in [3.8, 4) is 0 Å². The molecule has 1 aromatic carbocycles. The number of carbonyl (C=O) groups excluding carboxylic acids is 2. The largest absolute Gasteiger partial charge is 0.467 e. The molecule has 1 aromatic heterocycles. The summed E-state index contributed by atoms with van der Waals surface area (Å²) in [5, 5.41) is 11.9. The van der Waals surface area contributed by atoms with Crippen LogP contribution in [0.15, 0.2) is 30.6 Å². The van der Waals surface area contributed by atoms with Gasteiger partial charge in [-0.15, -0.1) is 0 Å². The number of aromatic nitrogens is 2. The summed E-state index contributed by atoms with van der Waals surface area (Å²) in [6, 6.07) is 5.02. The maximum absolute atomic E-state index is 12.0. The first kappa shape index (κ1) is 13.9.